The van der Waals surface area contributed by atoms with Crippen LogP contribution < -0.4 is 4.74 Å². The van der Waals surface area contributed by atoms with Crippen molar-refractivity contribution in [2.45, 2.75) is 12.6 Å². The van der Waals surface area contributed by atoms with Crippen molar-refractivity contribution in [1.82, 2.24) is 14.7 Å². The van der Waals surface area contributed by atoms with Crippen molar-refractivity contribution in [3.8, 4) is 5.75 Å². The number of piperazine rings is 1. The lowest BCUT2D eigenvalue weighted by Gasteiger charge is -2.48. The maximum atomic E-state index is 13.0. The molecular weight excluding hydrogens is 445 g/mol. The van der Waals surface area contributed by atoms with Gasteiger partial charge in [-0.3, -0.25) is 14.5 Å². The van der Waals surface area contributed by atoms with Crippen molar-refractivity contribution in [2.75, 3.05) is 39.3 Å². The summed E-state index contributed by atoms with van der Waals surface area (Å²) in [6.45, 7) is 4.81. The van der Waals surface area contributed by atoms with E-state index >= 15 is 0 Å². The van der Waals surface area contributed by atoms with Gasteiger partial charge in [0.1, 0.15) is 18.2 Å². The lowest BCUT2D eigenvalue weighted by Crippen LogP contribution is -2.64. The number of rotatable bonds is 6. The Kier molecular flexibility index (Phi) is 6.77. The Morgan fingerprint density at radius 1 is 0.743 bits per heavy atom. The molecule has 2 aliphatic heterocycles. The van der Waals surface area contributed by atoms with E-state index in [4.69, 9.17) is 4.74 Å². The van der Waals surface area contributed by atoms with Crippen LogP contribution in [-0.2, 0) is 6.61 Å². The molecule has 0 N–H and O–H groups in total. The number of hydrogen-bond acceptors (Lipinski definition) is 4. The molecule has 0 unspecified atom stereocenters. The van der Waals surface area contributed by atoms with Gasteiger partial charge in [0.15, 0.2) is 0 Å². The van der Waals surface area contributed by atoms with E-state index in [0.29, 0.717) is 50.1 Å². The highest BCUT2D eigenvalue weighted by Crippen LogP contribution is 2.22. The number of nitrogens with zero attached hydrogens (tertiary/aromatic N) is 3. The van der Waals surface area contributed by atoms with Crippen molar-refractivity contribution < 1.29 is 18.7 Å². The van der Waals surface area contributed by atoms with Gasteiger partial charge in [-0.05, 0) is 54.1 Å². The zero-order valence-electron chi connectivity index (χ0n) is 19.5. The Balaban J connectivity index is 1.06. The first-order valence-corrected chi connectivity index (χ1v) is 11.9. The van der Waals surface area contributed by atoms with Crippen LogP contribution in [-0.4, -0.2) is 71.8 Å². The van der Waals surface area contributed by atoms with Crippen LogP contribution >= 0.6 is 0 Å². The maximum absolute atomic E-state index is 13.0. The SMILES string of the molecule is O=C(c1ccccc1)N1CCN(C2CN(C(=O)c3ccc(OCc4ccc(F)cc4)cc3)C2)CC1. The van der Waals surface area contributed by atoms with Crippen LogP contribution in [0.4, 0.5) is 4.39 Å². The van der Waals surface area contributed by atoms with Gasteiger partial charge in [0.2, 0.25) is 0 Å². The predicted molar refractivity (Wildman–Crippen MR) is 131 cm³/mol. The van der Waals surface area contributed by atoms with Crippen molar-refractivity contribution in [1.29, 1.82) is 0 Å². The molecule has 6 nitrogen and oxygen atoms in total. The summed E-state index contributed by atoms with van der Waals surface area (Å²) in [5, 5.41) is 0. The van der Waals surface area contributed by atoms with Gasteiger partial charge in [-0.25, -0.2) is 4.39 Å². The number of likely N-dealkylation sites (tertiary alicyclic amines) is 1. The fraction of sp³-hybridized carbons (Fsp3) is 0.286. The summed E-state index contributed by atoms with van der Waals surface area (Å²) in [5.74, 6) is 0.491. The second kappa shape index (κ2) is 10.3. The van der Waals surface area contributed by atoms with Crippen LogP contribution in [0, 0.1) is 5.82 Å². The molecular formula is C28H28FN3O3. The molecule has 7 heteroatoms. The largest absolute Gasteiger partial charge is 0.489 e. The van der Waals surface area contributed by atoms with Crippen LogP contribution in [0.5, 0.6) is 5.75 Å². The molecule has 0 aliphatic carbocycles. The topological polar surface area (TPSA) is 53.1 Å². The fourth-order valence-electron chi connectivity index (χ4n) is 4.53. The van der Waals surface area contributed by atoms with Gasteiger partial charge < -0.3 is 14.5 Å². The molecule has 2 heterocycles. The second-order valence-corrected chi connectivity index (χ2v) is 9.00. The Morgan fingerprint density at radius 2 is 1.34 bits per heavy atom. The van der Waals surface area contributed by atoms with Crippen molar-refractivity contribution in [3.05, 3.63) is 101 Å². The third-order valence-corrected chi connectivity index (χ3v) is 6.71. The molecule has 2 saturated heterocycles. The number of amides is 2. The molecule has 0 aromatic heterocycles. The number of hydrogen-bond donors (Lipinski definition) is 0. The summed E-state index contributed by atoms with van der Waals surface area (Å²) in [6, 6.07) is 23.1. The smallest absolute Gasteiger partial charge is 0.253 e. The van der Waals surface area contributed by atoms with E-state index in [1.54, 1.807) is 36.4 Å². The minimum Gasteiger partial charge on any atom is -0.489 e. The lowest BCUT2D eigenvalue weighted by atomic mass is 10.0. The Morgan fingerprint density at radius 3 is 2.00 bits per heavy atom. The average Bonchev–Trinajstić information content (AvgIpc) is 2.88. The summed E-state index contributed by atoms with van der Waals surface area (Å²) in [5.41, 5.74) is 2.24. The van der Waals surface area contributed by atoms with Crippen LogP contribution in [0.1, 0.15) is 26.3 Å². The average molecular weight is 474 g/mol. The number of carbonyl (C=O) groups excluding carboxylic acids is 2. The van der Waals surface area contributed by atoms with E-state index in [1.807, 2.05) is 40.1 Å². The highest BCUT2D eigenvalue weighted by Gasteiger charge is 2.37. The number of halogens is 1. The first-order valence-electron chi connectivity index (χ1n) is 11.9. The summed E-state index contributed by atoms with van der Waals surface area (Å²) < 4.78 is 18.7. The van der Waals surface area contributed by atoms with Crippen LogP contribution in [0.3, 0.4) is 0 Å². The molecule has 0 radical (unpaired) electrons. The van der Waals surface area contributed by atoms with Gasteiger partial charge in [0.05, 0.1) is 0 Å². The van der Waals surface area contributed by atoms with Crippen molar-refractivity contribution in [2.24, 2.45) is 0 Å². The minimum atomic E-state index is -0.273. The van der Waals surface area contributed by atoms with E-state index < -0.39 is 0 Å². The molecule has 2 amide bonds. The number of benzene rings is 3. The first-order chi connectivity index (χ1) is 17.1. The molecule has 5 rings (SSSR count). The van der Waals surface area contributed by atoms with Crippen LogP contribution in [0.25, 0.3) is 0 Å². The molecule has 0 atom stereocenters. The van der Waals surface area contributed by atoms with E-state index in [0.717, 1.165) is 24.2 Å². The molecule has 3 aromatic rings. The van der Waals surface area contributed by atoms with Crippen LogP contribution in [0.15, 0.2) is 78.9 Å². The molecule has 35 heavy (non-hydrogen) atoms. The highest BCUT2D eigenvalue weighted by atomic mass is 19.1. The van der Waals surface area contributed by atoms with E-state index in [2.05, 4.69) is 4.90 Å². The maximum Gasteiger partial charge on any atom is 0.253 e. The zero-order chi connectivity index (χ0) is 24.2. The Bertz CT molecular complexity index is 1150. The zero-order valence-corrected chi connectivity index (χ0v) is 19.5. The fourth-order valence-corrected chi connectivity index (χ4v) is 4.53. The first kappa shape index (κ1) is 23.1. The van der Waals surface area contributed by atoms with E-state index in [9.17, 15) is 14.0 Å². The van der Waals surface area contributed by atoms with Gasteiger partial charge >= 0.3 is 0 Å². The van der Waals surface area contributed by atoms with Gasteiger partial charge in [0, 0.05) is 56.4 Å². The molecule has 180 valence electrons. The third kappa shape index (κ3) is 5.35. The Labute approximate surface area is 204 Å². The lowest BCUT2D eigenvalue weighted by molar-refractivity contribution is 0.00853. The standard InChI is InChI=1S/C28H28FN3O3/c29-24-10-6-21(7-11-24)20-35-26-12-8-23(9-13-26)28(34)32-18-25(19-32)30-14-16-31(17-15-30)27(33)22-4-2-1-3-5-22/h1-13,25H,14-20H2. The van der Waals surface area contributed by atoms with E-state index in [-0.39, 0.29) is 17.6 Å². The van der Waals surface area contributed by atoms with Crippen LogP contribution in [0.2, 0.25) is 0 Å². The molecule has 0 saturated carbocycles. The monoisotopic (exact) mass is 473 g/mol. The van der Waals surface area contributed by atoms with Gasteiger partial charge in [-0.15, -0.1) is 0 Å². The normalized spacial score (nSPS) is 16.6. The minimum absolute atomic E-state index is 0.0178. The van der Waals surface area contributed by atoms with Crippen molar-refractivity contribution >= 4 is 11.8 Å². The summed E-state index contributed by atoms with van der Waals surface area (Å²) in [4.78, 5) is 31.6. The van der Waals surface area contributed by atoms with E-state index in [1.165, 1.54) is 12.1 Å². The molecule has 2 aliphatic rings. The number of carbonyl (C=O) groups is 2. The van der Waals surface area contributed by atoms with Gasteiger partial charge in [-0.1, -0.05) is 30.3 Å². The molecule has 0 bridgehead atoms. The molecule has 2 fully saturated rings. The summed E-state index contributed by atoms with van der Waals surface area (Å²) >= 11 is 0. The second-order valence-electron chi connectivity index (χ2n) is 9.00. The molecule has 0 spiro atoms. The van der Waals surface area contributed by atoms with Crippen molar-refractivity contribution in [3.63, 3.8) is 0 Å². The highest BCUT2D eigenvalue weighted by molar-refractivity contribution is 5.95. The van der Waals surface area contributed by atoms with Gasteiger partial charge in [0.25, 0.3) is 11.8 Å². The van der Waals surface area contributed by atoms with Gasteiger partial charge in [-0.2, -0.15) is 0 Å². The number of ether oxygens (including phenoxy) is 1. The quantitative estimate of drug-likeness (QED) is 0.548. The summed E-state index contributed by atoms with van der Waals surface area (Å²) in [7, 11) is 0. The molecule has 3 aromatic carbocycles. The Hall–Kier alpha value is -3.71. The third-order valence-electron chi connectivity index (χ3n) is 6.71. The predicted octanol–water partition coefficient (Wildman–Crippen LogP) is 3.69. The summed E-state index contributed by atoms with van der Waals surface area (Å²) in [6.07, 6.45) is 0.